The maximum absolute atomic E-state index is 10.4. The molecule has 0 bridgehead atoms. The van der Waals surface area contributed by atoms with Gasteiger partial charge in [0, 0.05) is 28.1 Å². The van der Waals surface area contributed by atoms with Gasteiger partial charge in [0.25, 0.3) is 0 Å². The molecule has 0 amide bonds. The molecular weight excluding hydrogens is 466 g/mol. The Bertz CT molecular complexity index is 1940. The van der Waals surface area contributed by atoms with E-state index >= 15 is 0 Å². The quantitative estimate of drug-likeness (QED) is 0.271. The van der Waals surface area contributed by atoms with Crippen LogP contribution < -0.4 is 0 Å². The summed E-state index contributed by atoms with van der Waals surface area (Å²) in [5.41, 5.74) is 7.81. The number of aromatic nitrogens is 3. The average Bonchev–Trinajstić information content (AvgIpc) is 3.32. The minimum Gasteiger partial charge on any atom is -0.507 e. The Morgan fingerprint density at radius 1 is 0.526 bits per heavy atom. The first kappa shape index (κ1) is 22.0. The molecule has 0 saturated heterocycles. The largest absolute Gasteiger partial charge is 0.507 e. The molecule has 7 rings (SSSR count). The highest BCUT2D eigenvalue weighted by atomic mass is 16.3. The van der Waals surface area contributed by atoms with Crippen LogP contribution in [0.5, 0.6) is 5.75 Å². The number of fused-ring (bicyclic) bond motifs is 3. The number of hydrogen-bond donors (Lipinski definition) is 1. The van der Waals surface area contributed by atoms with Gasteiger partial charge in [0.15, 0.2) is 0 Å². The Balaban J connectivity index is 1.43. The Hall–Kier alpha value is -5.22. The summed E-state index contributed by atoms with van der Waals surface area (Å²) in [4.78, 5) is 9.70. The van der Waals surface area contributed by atoms with Crippen LogP contribution in [0.25, 0.3) is 61.3 Å². The fraction of sp³-hybridized carbons (Fsp3) is 0. The Morgan fingerprint density at radius 3 is 2.21 bits per heavy atom. The predicted octanol–water partition coefficient (Wildman–Crippen LogP) is 8.28. The standard InChI is InChI=1S/C34H23N3O/c38-33-15-7-5-12-28(33)29-13-8-16-34(36-29)37-31-14-6-4-11-26(31)27-18-17-25(22-32(27)37)30-21-24(19-20-35-30)23-9-2-1-3-10-23/h1-22,38H. The first-order valence-electron chi connectivity index (χ1n) is 12.6. The van der Waals surface area contributed by atoms with Crippen LogP contribution in [0.3, 0.4) is 0 Å². The van der Waals surface area contributed by atoms with Crippen LogP contribution in [0, 0.1) is 0 Å². The molecular formula is C34H23N3O. The van der Waals surface area contributed by atoms with Gasteiger partial charge >= 0.3 is 0 Å². The first-order chi connectivity index (χ1) is 18.8. The van der Waals surface area contributed by atoms with Crippen LogP contribution in [0.15, 0.2) is 134 Å². The van der Waals surface area contributed by atoms with Crippen molar-refractivity contribution in [3.05, 3.63) is 134 Å². The van der Waals surface area contributed by atoms with E-state index in [0.29, 0.717) is 5.56 Å². The van der Waals surface area contributed by atoms with E-state index in [1.54, 1.807) is 6.07 Å². The SMILES string of the molecule is Oc1ccccc1-c1cccc(-n2c3ccccc3c3ccc(-c4cc(-c5ccccc5)ccn4)cc32)n1. The summed E-state index contributed by atoms with van der Waals surface area (Å²) >= 11 is 0. The number of phenols is 1. The highest BCUT2D eigenvalue weighted by molar-refractivity contribution is 6.10. The van der Waals surface area contributed by atoms with Gasteiger partial charge in [-0.25, -0.2) is 4.98 Å². The average molecular weight is 490 g/mol. The van der Waals surface area contributed by atoms with E-state index in [4.69, 9.17) is 9.97 Å². The number of nitrogens with zero attached hydrogens (tertiary/aromatic N) is 3. The van der Waals surface area contributed by atoms with E-state index < -0.39 is 0 Å². The Morgan fingerprint density at radius 2 is 1.32 bits per heavy atom. The summed E-state index contributed by atoms with van der Waals surface area (Å²) in [5, 5.41) is 12.8. The van der Waals surface area contributed by atoms with Crippen LogP contribution in [0.2, 0.25) is 0 Å². The molecule has 0 aliphatic heterocycles. The van der Waals surface area contributed by atoms with Crippen molar-refractivity contribution in [1.29, 1.82) is 0 Å². The number of phenolic OH excluding ortho intramolecular Hbond substituents is 1. The lowest BCUT2D eigenvalue weighted by Crippen LogP contribution is -1.98. The van der Waals surface area contributed by atoms with E-state index in [-0.39, 0.29) is 5.75 Å². The number of rotatable bonds is 4. The van der Waals surface area contributed by atoms with Crippen molar-refractivity contribution in [2.24, 2.45) is 0 Å². The second kappa shape index (κ2) is 9.02. The summed E-state index contributed by atoms with van der Waals surface area (Å²) in [7, 11) is 0. The van der Waals surface area contributed by atoms with E-state index in [2.05, 4.69) is 77.4 Å². The highest BCUT2D eigenvalue weighted by Gasteiger charge is 2.15. The lowest BCUT2D eigenvalue weighted by Gasteiger charge is -2.11. The second-order valence-electron chi connectivity index (χ2n) is 9.28. The van der Waals surface area contributed by atoms with Crippen molar-refractivity contribution in [3.63, 3.8) is 0 Å². The second-order valence-corrected chi connectivity index (χ2v) is 9.28. The molecule has 3 heterocycles. The summed E-state index contributed by atoms with van der Waals surface area (Å²) in [5.74, 6) is 1.01. The van der Waals surface area contributed by atoms with Gasteiger partial charge in [-0.05, 0) is 59.7 Å². The first-order valence-corrected chi connectivity index (χ1v) is 12.6. The molecule has 7 aromatic rings. The van der Waals surface area contributed by atoms with Crippen molar-refractivity contribution in [2.75, 3.05) is 0 Å². The molecule has 1 N–H and O–H groups in total. The molecule has 180 valence electrons. The lowest BCUT2D eigenvalue weighted by molar-refractivity contribution is 0.477. The topological polar surface area (TPSA) is 50.9 Å². The molecule has 0 aliphatic carbocycles. The molecule has 0 atom stereocenters. The molecule has 0 aliphatic rings. The van der Waals surface area contributed by atoms with E-state index in [0.717, 1.165) is 55.7 Å². The number of hydrogen-bond acceptors (Lipinski definition) is 3. The molecule has 4 heteroatoms. The third kappa shape index (κ3) is 3.71. The van der Waals surface area contributed by atoms with Crippen LogP contribution in [-0.2, 0) is 0 Å². The van der Waals surface area contributed by atoms with Crippen molar-refractivity contribution >= 4 is 21.8 Å². The van der Waals surface area contributed by atoms with Gasteiger partial charge in [0.1, 0.15) is 11.6 Å². The molecule has 38 heavy (non-hydrogen) atoms. The summed E-state index contributed by atoms with van der Waals surface area (Å²) < 4.78 is 2.19. The van der Waals surface area contributed by atoms with Gasteiger partial charge in [-0.1, -0.05) is 78.9 Å². The summed E-state index contributed by atoms with van der Waals surface area (Å²) in [6.07, 6.45) is 1.87. The zero-order valence-electron chi connectivity index (χ0n) is 20.5. The van der Waals surface area contributed by atoms with Crippen LogP contribution >= 0.6 is 0 Å². The highest BCUT2D eigenvalue weighted by Crippen LogP contribution is 2.35. The smallest absolute Gasteiger partial charge is 0.138 e. The number of benzene rings is 4. The maximum atomic E-state index is 10.4. The van der Waals surface area contributed by atoms with Gasteiger partial charge in [0.2, 0.25) is 0 Å². The number of para-hydroxylation sites is 2. The van der Waals surface area contributed by atoms with Crippen molar-refractivity contribution in [2.45, 2.75) is 0 Å². The van der Waals surface area contributed by atoms with Crippen LogP contribution in [0.4, 0.5) is 0 Å². The van der Waals surface area contributed by atoms with Gasteiger partial charge in [-0.3, -0.25) is 9.55 Å². The monoisotopic (exact) mass is 489 g/mol. The lowest BCUT2D eigenvalue weighted by atomic mass is 10.0. The fourth-order valence-electron chi connectivity index (χ4n) is 5.16. The summed E-state index contributed by atoms with van der Waals surface area (Å²) in [6.45, 7) is 0. The van der Waals surface area contributed by atoms with Crippen molar-refractivity contribution < 1.29 is 5.11 Å². The third-order valence-corrected chi connectivity index (χ3v) is 6.98. The van der Waals surface area contributed by atoms with Crippen LogP contribution in [-0.4, -0.2) is 19.6 Å². The normalized spacial score (nSPS) is 11.3. The molecule has 0 unspecified atom stereocenters. The molecule has 4 aromatic carbocycles. The Kier molecular flexibility index (Phi) is 5.22. The third-order valence-electron chi connectivity index (χ3n) is 6.98. The molecule has 0 radical (unpaired) electrons. The molecule has 3 aromatic heterocycles. The van der Waals surface area contributed by atoms with E-state index in [1.807, 2.05) is 54.7 Å². The predicted molar refractivity (Wildman–Crippen MR) is 154 cm³/mol. The molecule has 0 saturated carbocycles. The van der Waals surface area contributed by atoms with Gasteiger partial charge in [-0.15, -0.1) is 0 Å². The van der Waals surface area contributed by atoms with E-state index in [1.165, 1.54) is 0 Å². The van der Waals surface area contributed by atoms with E-state index in [9.17, 15) is 5.11 Å². The van der Waals surface area contributed by atoms with Crippen molar-refractivity contribution in [3.8, 4) is 45.2 Å². The van der Waals surface area contributed by atoms with Gasteiger partial charge in [0.05, 0.1) is 22.4 Å². The zero-order chi connectivity index (χ0) is 25.5. The molecule has 0 fully saturated rings. The zero-order valence-corrected chi connectivity index (χ0v) is 20.5. The fourth-order valence-corrected chi connectivity index (χ4v) is 5.16. The number of aromatic hydroxyl groups is 1. The molecule has 0 spiro atoms. The minimum atomic E-state index is 0.214. The molecule has 4 nitrogen and oxygen atoms in total. The maximum Gasteiger partial charge on any atom is 0.138 e. The number of pyridine rings is 2. The van der Waals surface area contributed by atoms with Crippen LogP contribution in [0.1, 0.15) is 0 Å². The Labute approximate surface area is 220 Å². The van der Waals surface area contributed by atoms with Crippen molar-refractivity contribution in [1.82, 2.24) is 14.5 Å². The van der Waals surface area contributed by atoms with Gasteiger partial charge in [-0.2, -0.15) is 0 Å². The summed E-state index contributed by atoms with van der Waals surface area (Å²) in [6, 6.07) is 42.7. The van der Waals surface area contributed by atoms with Gasteiger partial charge < -0.3 is 5.11 Å². The minimum absolute atomic E-state index is 0.214.